The predicted octanol–water partition coefficient (Wildman–Crippen LogP) is 2.16. The molecule has 0 fully saturated rings. The monoisotopic (exact) mass is 268 g/mol. The van der Waals surface area contributed by atoms with Gasteiger partial charge < -0.3 is 5.32 Å². The number of nitrogens with one attached hydrogen (secondary N) is 1. The molecule has 0 aliphatic rings. The average molecular weight is 268 g/mol. The second-order valence-electron chi connectivity index (χ2n) is 4.64. The Morgan fingerprint density at radius 1 is 1.15 bits per heavy atom. The van der Waals surface area contributed by atoms with Gasteiger partial charge in [0.2, 0.25) is 0 Å². The molecular formula is C14H16N6. The quantitative estimate of drug-likeness (QED) is 0.785. The number of nitrogens with zero attached hydrogens (tertiary/aromatic N) is 5. The van der Waals surface area contributed by atoms with E-state index in [4.69, 9.17) is 0 Å². The standard InChI is InChI=1S/C14H16N6/c1-3-20-14-12(18-19-20)13(16-9-17-14)15-8-11-6-4-10(2)5-7-11/h4-7,9H,3,8H2,1-2H3,(H,15,16,17). The van der Waals surface area contributed by atoms with Gasteiger partial charge in [-0.1, -0.05) is 35.0 Å². The normalized spacial score (nSPS) is 10.9. The van der Waals surface area contributed by atoms with Crippen molar-refractivity contribution in [1.29, 1.82) is 0 Å². The van der Waals surface area contributed by atoms with Crippen LogP contribution in [0.1, 0.15) is 18.1 Å². The first kappa shape index (κ1) is 12.5. The SMILES string of the molecule is CCn1nnc2c(NCc3ccc(C)cc3)ncnc21. The van der Waals surface area contributed by atoms with Crippen LogP contribution in [-0.4, -0.2) is 25.0 Å². The topological polar surface area (TPSA) is 68.5 Å². The van der Waals surface area contributed by atoms with E-state index in [1.54, 1.807) is 4.68 Å². The predicted molar refractivity (Wildman–Crippen MR) is 77.3 cm³/mol. The smallest absolute Gasteiger partial charge is 0.183 e. The Kier molecular flexibility index (Phi) is 3.28. The molecule has 6 heteroatoms. The molecule has 1 aromatic carbocycles. The largest absolute Gasteiger partial charge is 0.364 e. The number of hydrogen-bond donors (Lipinski definition) is 1. The molecular weight excluding hydrogens is 252 g/mol. The first-order valence-corrected chi connectivity index (χ1v) is 6.61. The van der Waals surface area contributed by atoms with E-state index in [1.807, 2.05) is 6.92 Å². The maximum atomic E-state index is 4.25. The van der Waals surface area contributed by atoms with E-state index in [-0.39, 0.29) is 0 Å². The summed E-state index contributed by atoms with van der Waals surface area (Å²) < 4.78 is 1.76. The van der Waals surface area contributed by atoms with Gasteiger partial charge in [0.15, 0.2) is 17.0 Å². The van der Waals surface area contributed by atoms with Gasteiger partial charge in [-0.15, -0.1) is 5.10 Å². The second-order valence-corrected chi connectivity index (χ2v) is 4.64. The molecule has 102 valence electrons. The Labute approximate surface area is 116 Å². The highest BCUT2D eigenvalue weighted by molar-refractivity contribution is 5.81. The van der Waals surface area contributed by atoms with Gasteiger partial charge in [0.05, 0.1) is 0 Å². The van der Waals surface area contributed by atoms with Crippen molar-refractivity contribution < 1.29 is 0 Å². The van der Waals surface area contributed by atoms with E-state index in [0.29, 0.717) is 12.1 Å². The van der Waals surface area contributed by atoms with Crippen LogP contribution in [0.4, 0.5) is 5.82 Å². The van der Waals surface area contributed by atoms with Gasteiger partial charge in [0, 0.05) is 13.1 Å². The van der Waals surface area contributed by atoms with Crippen molar-refractivity contribution in [3.8, 4) is 0 Å². The van der Waals surface area contributed by atoms with Crippen LogP contribution in [0.15, 0.2) is 30.6 Å². The van der Waals surface area contributed by atoms with Crippen LogP contribution in [0.5, 0.6) is 0 Å². The molecule has 0 radical (unpaired) electrons. The third-order valence-corrected chi connectivity index (χ3v) is 3.18. The van der Waals surface area contributed by atoms with E-state index in [2.05, 4.69) is 56.8 Å². The summed E-state index contributed by atoms with van der Waals surface area (Å²) in [5.41, 5.74) is 3.92. The molecule has 0 amide bonds. The highest BCUT2D eigenvalue weighted by Crippen LogP contribution is 2.16. The summed E-state index contributed by atoms with van der Waals surface area (Å²) in [4.78, 5) is 8.48. The zero-order valence-corrected chi connectivity index (χ0v) is 11.5. The Bertz CT molecular complexity index is 716. The van der Waals surface area contributed by atoms with Crippen LogP contribution in [0.3, 0.4) is 0 Å². The Morgan fingerprint density at radius 2 is 1.95 bits per heavy atom. The van der Waals surface area contributed by atoms with Gasteiger partial charge in [-0.2, -0.15) is 0 Å². The lowest BCUT2D eigenvalue weighted by atomic mass is 10.1. The van der Waals surface area contributed by atoms with Crippen LogP contribution in [0, 0.1) is 6.92 Å². The maximum Gasteiger partial charge on any atom is 0.183 e. The molecule has 3 rings (SSSR count). The highest BCUT2D eigenvalue weighted by atomic mass is 15.4. The fourth-order valence-corrected chi connectivity index (χ4v) is 2.03. The summed E-state index contributed by atoms with van der Waals surface area (Å²) in [6.07, 6.45) is 1.54. The third-order valence-electron chi connectivity index (χ3n) is 3.18. The van der Waals surface area contributed by atoms with E-state index in [1.165, 1.54) is 17.5 Å². The number of aryl methyl sites for hydroxylation is 2. The minimum Gasteiger partial charge on any atom is -0.364 e. The minimum atomic E-state index is 0.700. The van der Waals surface area contributed by atoms with Crippen molar-refractivity contribution in [2.75, 3.05) is 5.32 Å². The third kappa shape index (κ3) is 2.32. The van der Waals surface area contributed by atoms with E-state index >= 15 is 0 Å². The average Bonchev–Trinajstić information content (AvgIpc) is 2.90. The number of fused-ring (bicyclic) bond motifs is 1. The van der Waals surface area contributed by atoms with Crippen LogP contribution < -0.4 is 5.32 Å². The lowest BCUT2D eigenvalue weighted by molar-refractivity contribution is 0.641. The molecule has 6 nitrogen and oxygen atoms in total. The summed E-state index contributed by atoms with van der Waals surface area (Å²) in [5.74, 6) is 0.718. The fraction of sp³-hybridized carbons (Fsp3) is 0.286. The van der Waals surface area contributed by atoms with Crippen molar-refractivity contribution in [3.63, 3.8) is 0 Å². The van der Waals surface area contributed by atoms with Crippen molar-refractivity contribution in [1.82, 2.24) is 25.0 Å². The van der Waals surface area contributed by atoms with E-state index in [0.717, 1.165) is 18.0 Å². The summed E-state index contributed by atoms with van der Waals surface area (Å²) in [6.45, 7) is 5.53. The molecule has 0 unspecified atom stereocenters. The summed E-state index contributed by atoms with van der Waals surface area (Å²) >= 11 is 0. The molecule has 0 saturated carbocycles. The minimum absolute atomic E-state index is 0.700. The van der Waals surface area contributed by atoms with Gasteiger partial charge in [0.1, 0.15) is 6.33 Å². The lowest BCUT2D eigenvalue weighted by Crippen LogP contribution is -2.03. The number of aromatic nitrogens is 5. The number of benzene rings is 1. The van der Waals surface area contributed by atoms with Gasteiger partial charge in [0.25, 0.3) is 0 Å². The summed E-state index contributed by atoms with van der Waals surface area (Å²) in [7, 11) is 0. The van der Waals surface area contributed by atoms with Gasteiger partial charge in [-0.3, -0.25) is 0 Å². The first-order chi connectivity index (χ1) is 9.78. The second kappa shape index (κ2) is 5.24. The van der Waals surface area contributed by atoms with E-state index < -0.39 is 0 Å². The number of anilines is 1. The molecule has 2 aromatic heterocycles. The molecule has 0 atom stereocenters. The van der Waals surface area contributed by atoms with Crippen LogP contribution in [-0.2, 0) is 13.1 Å². The number of hydrogen-bond acceptors (Lipinski definition) is 5. The van der Waals surface area contributed by atoms with E-state index in [9.17, 15) is 0 Å². The lowest BCUT2D eigenvalue weighted by Gasteiger charge is -2.06. The summed E-state index contributed by atoms with van der Waals surface area (Å²) in [6, 6.07) is 8.40. The van der Waals surface area contributed by atoms with Crippen LogP contribution in [0.2, 0.25) is 0 Å². The molecule has 0 aliphatic carbocycles. The molecule has 2 heterocycles. The van der Waals surface area contributed by atoms with Crippen LogP contribution in [0.25, 0.3) is 11.2 Å². The zero-order valence-electron chi connectivity index (χ0n) is 11.5. The molecule has 0 aliphatic heterocycles. The van der Waals surface area contributed by atoms with Gasteiger partial charge in [-0.25, -0.2) is 14.6 Å². The summed E-state index contributed by atoms with van der Waals surface area (Å²) in [5, 5.41) is 11.5. The molecule has 20 heavy (non-hydrogen) atoms. The van der Waals surface area contributed by atoms with Crippen molar-refractivity contribution in [2.24, 2.45) is 0 Å². The zero-order chi connectivity index (χ0) is 13.9. The Hall–Kier alpha value is -2.50. The van der Waals surface area contributed by atoms with Crippen molar-refractivity contribution in [2.45, 2.75) is 26.9 Å². The van der Waals surface area contributed by atoms with Gasteiger partial charge >= 0.3 is 0 Å². The fourth-order valence-electron chi connectivity index (χ4n) is 2.03. The van der Waals surface area contributed by atoms with Crippen molar-refractivity contribution in [3.05, 3.63) is 41.7 Å². The number of rotatable bonds is 4. The molecule has 1 N–H and O–H groups in total. The molecule has 3 aromatic rings. The Morgan fingerprint density at radius 3 is 2.70 bits per heavy atom. The Balaban J connectivity index is 1.84. The molecule has 0 spiro atoms. The maximum absolute atomic E-state index is 4.25. The van der Waals surface area contributed by atoms with Crippen LogP contribution >= 0.6 is 0 Å². The highest BCUT2D eigenvalue weighted by Gasteiger charge is 2.10. The molecule has 0 saturated heterocycles. The first-order valence-electron chi connectivity index (χ1n) is 6.61. The van der Waals surface area contributed by atoms with Crippen molar-refractivity contribution >= 4 is 17.0 Å². The molecule has 0 bridgehead atoms. The van der Waals surface area contributed by atoms with Gasteiger partial charge in [-0.05, 0) is 19.4 Å².